The molecule has 2 rings (SSSR count). The molecule has 2 amide bonds. The molecule has 0 aliphatic carbocycles. The number of nitrogens with one attached hydrogen (secondary N) is 1. The second-order valence-electron chi connectivity index (χ2n) is 5.59. The maximum atomic E-state index is 14.3. The largest absolute Gasteiger partial charge is 0.383 e. The zero-order chi connectivity index (χ0) is 16.8. The third kappa shape index (κ3) is 3.88. The Balaban J connectivity index is 2.40. The first-order valence-electron chi connectivity index (χ1n) is 7.90. The number of carbonyl (C=O) groups is 2. The second-order valence-corrected chi connectivity index (χ2v) is 5.59. The highest BCUT2D eigenvalue weighted by Crippen LogP contribution is 2.37. The lowest BCUT2D eigenvalue weighted by Crippen LogP contribution is -2.49. The van der Waals surface area contributed by atoms with E-state index in [2.05, 4.69) is 5.32 Å². The summed E-state index contributed by atoms with van der Waals surface area (Å²) in [5.74, 6) is -1.07. The second kappa shape index (κ2) is 8.06. The van der Waals surface area contributed by atoms with Crippen LogP contribution in [0, 0.1) is 11.7 Å². The van der Waals surface area contributed by atoms with Crippen LogP contribution in [-0.2, 0) is 14.3 Å². The number of ether oxygens (including phenoxy) is 1. The lowest BCUT2D eigenvalue weighted by atomic mass is 9.83. The Labute approximate surface area is 135 Å². The van der Waals surface area contributed by atoms with Gasteiger partial charge in [-0.05, 0) is 19.4 Å². The van der Waals surface area contributed by atoms with Crippen molar-refractivity contribution >= 4 is 11.8 Å². The van der Waals surface area contributed by atoms with Gasteiger partial charge in [0.15, 0.2) is 0 Å². The van der Waals surface area contributed by atoms with Gasteiger partial charge in [0.25, 0.3) is 0 Å². The van der Waals surface area contributed by atoms with Gasteiger partial charge in [0.2, 0.25) is 11.8 Å². The van der Waals surface area contributed by atoms with E-state index in [1.165, 1.54) is 6.07 Å². The average Bonchev–Trinajstić information content (AvgIpc) is 2.54. The van der Waals surface area contributed by atoms with E-state index >= 15 is 0 Å². The van der Waals surface area contributed by atoms with Crippen molar-refractivity contribution in [1.29, 1.82) is 0 Å². The van der Waals surface area contributed by atoms with E-state index < -0.39 is 17.8 Å². The van der Waals surface area contributed by atoms with Crippen LogP contribution in [0.1, 0.15) is 31.4 Å². The Morgan fingerprint density at radius 2 is 2.17 bits per heavy atom. The Kier molecular flexibility index (Phi) is 6.10. The average molecular weight is 322 g/mol. The van der Waals surface area contributed by atoms with Gasteiger partial charge in [-0.3, -0.25) is 9.59 Å². The lowest BCUT2D eigenvalue weighted by Gasteiger charge is -2.40. The first-order chi connectivity index (χ1) is 11.1. The molecule has 0 aromatic heterocycles. The van der Waals surface area contributed by atoms with Crippen molar-refractivity contribution in [2.24, 2.45) is 5.92 Å². The Bertz CT molecular complexity index is 563. The number of benzene rings is 1. The van der Waals surface area contributed by atoms with Gasteiger partial charge < -0.3 is 15.0 Å². The summed E-state index contributed by atoms with van der Waals surface area (Å²) in [6.07, 6.45) is 0.712. The first kappa shape index (κ1) is 17.4. The summed E-state index contributed by atoms with van der Waals surface area (Å²) in [5.41, 5.74) is 0.382. The molecule has 1 aliphatic heterocycles. The molecular weight excluding hydrogens is 299 g/mol. The molecule has 1 heterocycles. The predicted octanol–water partition coefficient (Wildman–Crippen LogP) is 1.89. The molecule has 6 heteroatoms. The van der Waals surface area contributed by atoms with Crippen LogP contribution in [0.15, 0.2) is 24.3 Å². The zero-order valence-corrected chi connectivity index (χ0v) is 13.5. The van der Waals surface area contributed by atoms with E-state index in [1.807, 2.05) is 6.92 Å². The fraction of sp³-hybridized carbons (Fsp3) is 0.529. The molecule has 0 unspecified atom stereocenters. The van der Waals surface area contributed by atoms with Crippen molar-refractivity contribution in [2.45, 2.75) is 25.8 Å². The molecule has 23 heavy (non-hydrogen) atoms. The molecule has 0 saturated carbocycles. The number of nitrogens with zero attached hydrogens (tertiary/aromatic N) is 1. The lowest BCUT2D eigenvalue weighted by molar-refractivity contribution is -0.144. The van der Waals surface area contributed by atoms with Crippen LogP contribution >= 0.6 is 0 Å². The molecule has 1 aromatic carbocycles. The predicted molar refractivity (Wildman–Crippen MR) is 84.1 cm³/mol. The smallest absolute Gasteiger partial charge is 0.225 e. The highest BCUT2D eigenvalue weighted by molar-refractivity contribution is 5.85. The van der Waals surface area contributed by atoms with Crippen molar-refractivity contribution < 1.29 is 18.7 Å². The van der Waals surface area contributed by atoms with E-state index in [1.54, 1.807) is 30.2 Å². The quantitative estimate of drug-likeness (QED) is 0.870. The molecule has 0 bridgehead atoms. The van der Waals surface area contributed by atoms with E-state index in [9.17, 15) is 14.0 Å². The molecule has 1 fully saturated rings. The molecule has 1 aliphatic rings. The summed E-state index contributed by atoms with van der Waals surface area (Å²) in [7, 11) is 1.55. The third-order valence-electron chi connectivity index (χ3n) is 4.15. The van der Waals surface area contributed by atoms with E-state index in [-0.39, 0.29) is 18.2 Å². The topological polar surface area (TPSA) is 58.6 Å². The van der Waals surface area contributed by atoms with Gasteiger partial charge in [-0.2, -0.15) is 0 Å². The molecule has 1 saturated heterocycles. The van der Waals surface area contributed by atoms with Crippen molar-refractivity contribution in [3.8, 4) is 0 Å². The monoisotopic (exact) mass is 322 g/mol. The maximum absolute atomic E-state index is 14.3. The number of piperidine rings is 1. The fourth-order valence-corrected chi connectivity index (χ4v) is 3.09. The van der Waals surface area contributed by atoms with Gasteiger partial charge in [-0.15, -0.1) is 0 Å². The van der Waals surface area contributed by atoms with Gasteiger partial charge in [0.1, 0.15) is 5.82 Å². The first-order valence-corrected chi connectivity index (χ1v) is 7.90. The number of methoxy groups -OCH3 is 1. The SMILES string of the molecule is CCNC(=O)[C@@H]1CCC(=O)N(CCOC)[C@H]1c1ccccc1F. The zero-order valence-electron chi connectivity index (χ0n) is 13.5. The van der Waals surface area contributed by atoms with Crippen LogP contribution < -0.4 is 5.32 Å². The minimum Gasteiger partial charge on any atom is -0.383 e. The van der Waals surface area contributed by atoms with Crippen LogP contribution in [0.5, 0.6) is 0 Å². The van der Waals surface area contributed by atoms with Crippen LogP contribution in [0.2, 0.25) is 0 Å². The standard InChI is InChI=1S/C17H23FN2O3/c1-3-19-17(22)13-8-9-15(21)20(10-11-23-2)16(13)12-6-4-5-7-14(12)18/h4-7,13,16H,3,8-11H2,1-2H3,(H,19,22)/t13-,16+/m1/s1. The van der Waals surface area contributed by atoms with Crippen LogP contribution in [-0.4, -0.2) is 43.5 Å². The number of hydrogen-bond donors (Lipinski definition) is 1. The summed E-state index contributed by atoms with van der Waals surface area (Å²) in [5, 5.41) is 2.80. The molecule has 0 radical (unpaired) electrons. The van der Waals surface area contributed by atoms with E-state index in [0.717, 1.165) is 0 Å². The highest BCUT2D eigenvalue weighted by atomic mass is 19.1. The highest BCUT2D eigenvalue weighted by Gasteiger charge is 2.41. The normalized spacial score (nSPS) is 21.3. The molecule has 0 spiro atoms. The fourth-order valence-electron chi connectivity index (χ4n) is 3.09. The van der Waals surface area contributed by atoms with Crippen molar-refractivity contribution in [1.82, 2.24) is 10.2 Å². The number of carbonyl (C=O) groups excluding carboxylic acids is 2. The number of rotatable bonds is 6. The van der Waals surface area contributed by atoms with Crippen molar-refractivity contribution in [3.05, 3.63) is 35.6 Å². The minimum absolute atomic E-state index is 0.0733. The summed E-state index contributed by atoms with van der Waals surface area (Å²) < 4.78 is 19.4. The molecule has 2 atom stereocenters. The molecule has 126 valence electrons. The van der Waals surface area contributed by atoms with Gasteiger partial charge in [-0.25, -0.2) is 4.39 Å². The summed E-state index contributed by atoms with van der Waals surface area (Å²) in [6, 6.07) is 5.73. The molecule has 1 aromatic rings. The summed E-state index contributed by atoms with van der Waals surface area (Å²) in [4.78, 5) is 26.3. The molecular formula is C17H23FN2O3. The van der Waals surface area contributed by atoms with E-state index in [0.29, 0.717) is 31.7 Å². The van der Waals surface area contributed by atoms with Gasteiger partial charge >= 0.3 is 0 Å². The molecule has 5 nitrogen and oxygen atoms in total. The number of halogens is 1. The number of hydrogen-bond acceptors (Lipinski definition) is 3. The van der Waals surface area contributed by atoms with Gasteiger partial charge in [0, 0.05) is 32.2 Å². The van der Waals surface area contributed by atoms with E-state index in [4.69, 9.17) is 4.74 Å². The third-order valence-corrected chi connectivity index (χ3v) is 4.15. The van der Waals surface area contributed by atoms with Crippen molar-refractivity contribution in [2.75, 3.05) is 26.8 Å². The Morgan fingerprint density at radius 1 is 1.43 bits per heavy atom. The maximum Gasteiger partial charge on any atom is 0.225 e. The van der Waals surface area contributed by atoms with Crippen LogP contribution in [0.4, 0.5) is 4.39 Å². The summed E-state index contributed by atoms with van der Waals surface area (Å²) >= 11 is 0. The minimum atomic E-state index is -0.598. The Morgan fingerprint density at radius 3 is 2.83 bits per heavy atom. The van der Waals surface area contributed by atoms with Crippen molar-refractivity contribution in [3.63, 3.8) is 0 Å². The van der Waals surface area contributed by atoms with Gasteiger partial charge in [0.05, 0.1) is 18.6 Å². The van der Waals surface area contributed by atoms with Crippen LogP contribution in [0.25, 0.3) is 0 Å². The Hall–Kier alpha value is -1.95. The number of amides is 2. The molecule has 1 N–H and O–H groups in total. The van der Waals surface area contributed by atoms with Gasteiger partial charge in [-0.1, -0.05) is 18.2 Å². The van der Waals surface area contributed by atoms with Crippen LogP contribution in [0.3, 0.4) is 0 Å². The number of likely N-dealkylation sites (tertiary alicyclic amines) is 1. The summed E-state index contributed by atoms with van der Waals surface area (Å²) in [6.45, 7) is 3.03.